The molecule has 0 aromatic heterocycles. The molecule has 0 aliphatic rings. The van der Waals surface area contributed by atoms with Crippen molar-refractivity contribution in [2.45, 2.75) is 0 Å². The van der Waals surface area contributed by atoms with Crippen molar-refractivity contribution in [1.29, 1.82) is 5.26 Å². The average Bonchev–Trinajstić information content (AvgIpc) is 2.26. The molecule has 0 atom stereocenters. The van der Waals surface area contributed by atoms with Crippen LogP contribution >= 0.6 is 11.6 Å². The molecule has 0 fully saturated rings. The van der Waals surface area contributed by atoms with Gasteiger partial charge in [0.2, 0.25) is 0 Å². The first kappa shape index (κ1) is 11.9. The van der Waals surface area contributed by atoms with Gasteiger partial charge in [0.05, 0.1) is 12.0 Å². The van der Waals surface area contributed by atoms with Gasteiger partial charge in [0.25, 0.3) is 5.24 Å². The van der Waals surface area contributed by atoms with E-state index in [2.05, 4.69) is 0 Å². The number of carbonyl (C=O) groups is 1. The number of nitro benzene ring substituents is 1. The maximum atomic E-state index is 11.1. The zero-order valence-corrected chi connectivity index (χ0v) is 8.82. The fourth-order valence-corrected chi connectivity index (χ4v) is 1.40. The summed E-state index contributed by atoms with van der Waals surface area (Å²) in [5, 5.41) is 18.4. The van der Waals surface area contributed by atoms with Crippen LogP contribution in [-0.2, 0) is 0 Å². The highest BCUT2D eigenvalue weighted by Crippen LogP contribution is 2.32. The van der Waals surface area contributed by atoms with Crippen molar-refractivity contribution in [3.05, 3.63) is 33.4 Å². The second-order valence-corrected chi connectivity index (χ2v) is 3.02. The van der Waals surface area contributed by atoms with Crippen LogP contribution in [0.4, 0.5) is 5.69 Å². The van der Waals surface area contributed by atoms with Gasteiger partial charge >= 0.3 is 5.69 Å². The molecule has 1 rings (SSSR count). The van der Waals surface area contributed by atoms with Gasteiger partial charge < -0.3 is 4.74 Å². The predicted molar refractivity (Wildman–Crippen MR) is 54.5 cm³/mol. The Morgan fingerprint density at radius 1 is 1.62 bits per heavy atom. The molecule has 0 saturated heterocycles. The lowest BCUT2D eigenvalue weighted by Gasteiger charge is -2.05. The van der Waals surface area contributed by atoms with Gasteiger partial charge in [-0.15, -0.1) is 0 Å². The van der Waals surface area contributed by atoms with E-state index in [4.69, 9.17) is 21.6 Å². The highest BCUT2D eigenvalue weighted by atomic mass is 35.5. The maximum absolute atomic E-state index is 11.1. The summed E-state index contributed by atoms with van der Waals surface area (Å²) in [6, 6.07) is 4.09. The fraction of sp³-hybridized carbons (Fsp3) is 0.111. The van der Waals surface area contributed by atoms with Crippen LogP contribution in [-0.4, -0.2) is 17.3 Å². The molecule has 0 saturated carbocycles. The van der Waals surface area contributed by atoms with Gasteiger partial charge in [0, 0.05) is 0 Å². The summed E-state index contributed by atoms with van der Waals surface area (Å²) >= 11 is 5.23. The number of nitrogens with zero attached hydrogens (tertiary/aromatic N) is 2. The first-order chi connectivity index (χ1) is 7.52. The molecule has 1 aromatic carbocycles. The van der Waals surface area contributed by atoms with Crippen LogP contribution in [0.25, 0.3) is 0 Å². The minimum atomic E-state index is -1.04. The van der Waals surface area contributed by atoms with E-state index in [0.717, 1.165) is 0 Å². The zero-order chi connectivity index (χ0) is 12.3. The van der Waals surface area contributed by atoms with E-state index >= 15 is 0 Å². The molecular weight excluding hydrogens is 236 g/mol. The SMILES string of the molecule is COc1ccc(C#N)c([N+](=O)[O-])c1C(=O)Cl. The molecule has 7 heteroatoms. The van der Waals surface area contributed by atoms with Crippen molar-refractivity contribution in [3.63, 3.8) is 0 Å². The minimum absolute atomic E-state index is 0.0364. The lowest BCUT2D eigenvalue weighted by molar-refractivity contribution is -0.385. The summed E-state index contributed by atoms with van der Waals surface area (Å²) in [5.41, 5.74) is -1.29. The van der Waals surface area contributed by atoms with Gasteiger partial charge in [-0.2, -0.15) is 5.26 Å². The van der Waals surface area contributed by atoms with Crippen LogP contribution in [0, 0.1) is 21.4 Å². The molecule has 0 aliphatic carbocycles. The second kappa shape index (κ2) is 4.59. The van der Waals surface area contributed by atoms with Crippen molar-refractivity contribution < 1.29 is 14.5 Å². The summed E-state index contributed by atoms with van der Waals surface area (Å²) < 4.78 is 4.78. The van der Waals surface area contributed by atoms with Gasteiger partial charge in [-0.1, -0.05) is 0 Å². The molecule has 6 nitrogen and oxygen atoms in total. The fourth-order valence-electron chi connectivity index (χ4n) is 1.21. The largest absolute Gasteiger partial charge is 0.496 e. The summed E-state index contributed by atoms with van der Waals surface area (Å²) in [7, 11) is 1.24. The van der Waals surface area contributed by atoms with Gasteiger partial charge in [-0.05, 0) is 23.7 Å². The summed E-state index contributed by atoms with van der Waals surface area (Å²) in [6.45, 7) is 0. The first-order valence-electron chi connectivity index (χ1n) is 3.98. The average molecular weight is 241 g/mol. The number of rotatable bonds is 3. The van der Waals surface area contributed by atoms with E-state index in [9.17, 15) is 14.9 Å². The van der Waals surface area contributed by atoms with E-state index in [0.29, 0.717) is 0 Å². The standard InChI is InChI=1S/C9H5ClN2O4/c1-16-6-3-2-5(4-11)8(12(14)15)7(6)9(10)13/h2-3H,1H3. The Balaban J connectivity index is 3.68. The van der Waals surface area contributed by atoms with Gasteiger partial charge in [0.1, 0.15) is 17.4 Å². The van der Waals surface area contributed by atoms with Gasteiger partial charge in [-0.3, -0.25) is 14.9 Å². The number of ether oxygens (including phenoxy) is 1. The molecule has 0 heterocycles. The van der Waals surface area contributed by atoms with Crippen molar-refractivity contribution in [2.24, 2.45) is 0 Å². The molecule has 0 aliphatic heterocycles. The lowest BCUT2D eigenvalue weighted by Crippen LogP contribution is -2.04. The van der Waals surface area contributed by atoms with Gasteiger partial charge in [-0.25, -0.2) is 0 Å². The number of hydrogen-bond acceptors (Lipinski definition) is 5. The second-order valence-electron chi connectivity index (χ2n) is 2.68. The van der Waals surface area contributed by atoms with Crippen LogP contribution in [0.1, 0.15) is 15.9 Å². The highest BCUT2D eigenvalue weighted by molar-refractivity contribution is 6.68. The molecule has 1 aromatic rings. The first-order valence-corrected chi connectivity index (χ1v) is 4.36. The number of nitro groups is 1. The van der Waals surface area contributed by atoms with E-state index in [1.165, 1.54) is 19.2 Å². The molecule has 0 spiro atoms. The van der Waals surface area contributed by atoms with Crippen LogP contribution in [0.5, 0.6) is 5.75 Å². The van der Waals surface area contributed by atoms with Crippen LogP contribution in [0.15, 0.2) is 12.1 Å². The Morgan fingerprint density at radius 3 is 2.62 bits per heavy atom. The summed E-state index contributed by atoms with van der Waals surface area (Å²) in [6.07, 6.45) is 0. The van der Waals surface area contributed by atoms with Gasteiger partial charge in [0.15, 0.2) is 5.56 Å². The normalized spacial score (nSPS) is 9.31. The van der Waals surface area contributed by atoms with E-state index in [1.54, 1.807) is 6.07 Å². The third kappa shape index (κ3) is 1.94. The van der Waals surface area contributed by atoms with Crippen molar-refractivity contribution in [1.82, 2.24) is 0 Å². The van der Waals surface area contributed by atoms with E-state index in [-0.39, 0.29) is 11.3 Å². The highest BCUT2D eigenvalue weighted by Gasteiger charge is 2.28. The zero-order valence-electron chi connectivity index (χ0n) is 8.06. The van der Waals surface area contributed by atoms with E-state index in [1.807, 2.05) is 0 Å². The topological polar surface area (TPSA) is 93.2 Å². The third-order valence-corrected chi connectivity index (χ3v) is 2.05. The third-order valence-electron chi connectivity index (χ3n) is 1.86. The smallest absolute Gasteiger partial charge is 0.302 e. The number of carbonyl (C=O) groups excluding carboxylic acids is 1. The molecule has 16 heavy (non-hydrogen) atoms. The van der Waals surface area contributed by atoms with Crippen LogP contribution in [0.2, 0.25) is 0 Å². The number of hydrogen-bond donors (Lipinski definition) is 0. The molecule has 0 N–H and O–H groups in total. The lowest BCUT2D eigenvalue weighted by atomic mass is 10.1. The Kier molecular flexibility index (Phi) is 3.43. The maximum Gasteiger partial charge on any atom is 0.302 e. The van der Waals surface area contributed by atoms with Crippen LogP contribution in [0.3, 0.4) is 0 Å². The number of nitriles is 1. The molecular formula is C9H5ClN2O4. The number of methoxy groups -OCH3 is 1. The monoisotopic (exact) mass is 240 g/mol. The van der Waals surface area contributed by atoms with Crippen molar-refractivity contribution in [2.75, 3.05) is 7.11 Å². The van der Waals surface area contributed by atoms with Crippen LogP contribution < -0.4 is 4.74 Å². The Bertz CT molecular complexity index is 507. The predicted octanol–water partition coefficient (Wildman–Crippen LogP) is 1.85. The molecule has 0 unspecified atom stereocenters. The Labute approximate surface area is 95.2 Å². The summed E-state index contributed by atoms with van der Waals surface area (Å²) in [5.74, 6) is -0.0364. The number of halogens is 1. The van der Waals surface area contributed by atoms with E-state index < -0.39 is 21.4 Å². The quantitative estimate of drug-likeness (QED) is 0.457. The number of benzene rings is 1. The molecule has 0 bridgehead atoms. The summed E-state index contributed by atoms with van der Waals surface area (Å²) in [4.78, 5) is 21.0. The minimum Gasteiger partial charge on any atom is -0.496 e. The van der Waals surface area contributed by atoms with Crippen molar-refractivity contribution in [3.8, 4) is 11.8 Å². The Morgan fingerprint density at radius 2 is 2.25 bits per heavy atom. The molecule has 82 valence electrons. The molecule has 0 radical (unpaired) electrons. The Hall–Kier alpha value is -2.13. The van der Waals surface area contributed by atoms with Crippen molar-refractivity contribution >= 4 is 22.5 Å². The molecule has 0 amide bonds.